The Morgan fingerprint density at radius 3 is 2.55 bits per heavy atom. The Labute approximate surface area is 189 Å². The predicted octanol–water partition coefficient (Wildman–Crippen LogP) is -0.428. The maximum Gasteiger partial charge on any atom is 0.490 e. The molecule has 0 saturated carbocycles. The number of carbonyl (C=O) groups is 2. The summed E-state index contributed by atoms with van der Waals surface area (Å²) in [6.07, 6.45) is -5.32. The van der Waals surface area contributed by atoms with Gasteiger partial charge in [0.25, 0.3) is 11.5 Å². The molecule has 1 aliphatic heterocycles. The van der Waals surface area contributed by atoms with E-state index in [0.29, 0.717) is 43.9 Å². The van der Waals surface area contributed by atoms with Crippen molar-refractivity contribution in [3.63, 3.8) is 0 Å². The van der Waals surface area contributed by atoms with Crippen LogP contribution in [0.25, 0.3) is 11.2 Å². The minimum atomic E-state index is -5.32. The van der Waals surface area contributed by atoms with Gasteiger partial charge in [0, 0.05) is 33.2 Å². The van der Waals surface area contributed by atoms with E-state index in [9.17, 15) is 27.6 Å². The third-order valence-corrected chi connectivity index (χ3v) is 5.75. The average Bonchev–Trinajstić information content (AvgIpc) is 3.13. The van der Waals surface area contributed by atoms with E-state index in [1.807, 2.05) is 4.90 Å². The van der Waals surface area contributed by atoms with Gasteiger partial charge in [0.05, 0.1) is 6.54 Å². The van der Waals surface area contributed by atoms with Crippen LogP contribution in [0.5, 0.6) is 0 Å². The number of piperazine rings is 1. The summed E-state index contributed by atoms with van der Waals surface area (Å²) in [7, 11) is 1.31. The molecule has 1 amide bonds. The smallest absolute Gasteiger partial charge is 0.434 e. The van der Waals surface area contributed by atoms with Gasteiger partial charge in [-0.15, -0.1) is 5.92 Å². The van der Waals surface area contributed by atoms with Gasteiger partial charge < -0.3 is 20.7 Å². The summed E-state index contributed by atoms with van der Waals surface area (Å²) in [4.78, 5) is 46.5. The minimum Gasteiger partial charge on any atom is -0.434 e. The van der Waals surface area contributed by atoms with Gasteiger partial charge in [-0.2, -0.15) is 18.2 Å². The molecular weight excluding hydrogens is 467 g/mol. The fourth-order valence-electron chi connectivity index (χ4n) is 3.05. The number of alkyl halides is 3. The number of nitrogens with two attached hydrogens (primary N) is 1. The number of nitrogens with zero attached hydrogens (tertiary/aromatic N) is 5. The summed E-state index contributed by atoms with van der Waals surface area (Å²) in [5.74, 6) is 2.18. The predicted molar refractivity (Wildman–Crippen MR) is 112 cm³/mol. The number of aromatic nitrogens is 4. The van der Waals surface area contributed by atoms with Crippen LogP contribution < -0.4 is 21.5 Å². The topological polar surface area (TPSA) is 137 Å². The fraction of sp³-hybridized carbons (Fsp3) is 0.500. The number of esters is 1. The lowest BCUT2D eigenvalue weighted by molar-refractivity contribution is -0.201. The van der Waals surface area contributed by atoms with Gasteiger partial charge in [0.15, 0.2) is 16.3 Å². The highest BCUT2D eigenvalue weighted by Gasteiger charge is 2.43. The van der Waals surface area contributed by atoms with E-state index in [0.717, 1.165) is 4.57 Å². The molecular formula is C18H20F3N7O4S. The quantitative estimate of drug-likeness (QED) is 0.183. The number of ether oxygens (including phenoxy) is 1. The van der Waals surface area contributed by atoms with Crippen LogP contribution >= 0.6 is 11.8 Å². The Morgan fingerprint density at radius 1 is 1.30 bits per heavy atom. The zero-order valence-electron chi connectivity index (χ0n) is 17.6. The first-order chi connectivity index (χ1) is 15.5. The van der Waals surface area contributed by atoms with Crippen LogP contribution in [0.4, 0.5) is 19.1 Å². The van der Waals surface area contributed by atoms with Gasteiger partial charge in [-0.25, -0.2) is 9.78 Å². The summed E-state index contributed by atoms with van der Waals surface area (Å²) in [5, 5.41) is 3.01. The number of halogens is 3. The number of primary amides is 1. The van der Waals surface area contributed by atoms with Crippen LogP contribution in [0.1, 0.15) is 6.92 Å². The molecule has 11 nitrogen and oxygen atoms in total. The summed E-state index contributed by atoms with van der Waals surface area (Å²) in [6, 6.07) is 0. The van der Waals surface area contributed by atoms with E-state index in [2.05, 4.69) is 31.9 Å². The summed E-state index contributed by atoms with van der Waals surface area (Å²) < 4.78 is 44.5. The molecule has 33 heavy (non-hydrogen) atoms. The standard InChI is InChI=1S/C18H20F3N7O4S/c1-3-4-7-28-10-12(24-16(28)27-8-5-23-6-9-27)25-17(26(2)13(10)30)33-14(11(22)29)32-15(31)18(19,20)21/h14,23H,5-9H2,1-2H3,(H2,22,29). The number of nitrogens with one attached hydrogen (secondary N) is 1. The fourth-order valence-corrected chi connectivity index (χ4v) is 3.87. The molecule has 15 heteroatoms. The molecule has 2 aromatic heterocycles. The largest absolute Gasteiger partial charge is 0.490 e. The number of rotatable bonds is 6. The normalized spacial score (nSPS) is 15.1. The lowest BCUT2D eigenvalue weighted by atomic mass is 10.4. The van der Waals surface area contributed by atoms with Crippen LogP contribution in [0.15, 0.2) is 9.95 Å². The Kier molecular flexibility index (Phi) is 7.18. The maximum absolute atomic E-state index is 13.1. The molecule has 1 unspecified atom stereocenters. The van der Waals surface area contributed by atoms with Crippen molar-refractivity contribution in [1.82, 2.24) is 24.4 Å². The Balaban J connectivity index is 2.06. The van der Waals surface area contributed by atoms with E-state index < -0.39 is 29.0 Å². The number of hydrogen-bond donors (Lipinski definition) is 2. The molecule has 1 atom stereocenters. The molecule has 178 valence electrons. The van der Waals surface area contributed by atoms with Crippen LogP contribution in [-0.2, 0) is 27.9 Å². The van der Waals surface area contributed by atoms with Crippen molar-refractivity contribution in [1.29, 1.82) is 0 Å². The molecule has 2 aromatic rings. The summed E-state index contributed by atoms with van der Waals surface area (Å²) in [6.45, 7) is 4.49. The highest BCUT2D eigenvalue weighted by atomic mass is 32.2. The van der Waals surface area contributed by atoms with Crippen molar-refractivity contribution in [3.05, 3.63) is 10.4 Å². The van der Waals surface area contributed by atoms with Crippen LogP contribution in [-0.4, -0.2) is 68.8 Å². The van der Waals surface area contributed by atoms with Crippen LogP contribution in [0.2, 0.25) is 0 Å². The summed E-state index contributed by atoms with van der Waals surface area (Å²) in [5.41, 5.74) is 2.61. The highest BCUT2D eigenvalue weighted by Crippen LogP contribution is 2.27. The number of anilines is 1. The van der Waals surface area contributed by atoms with Gasteiger partial charge >= 0.3 is 12.1 Å². The molecule has 1 fully saturated rings. The van der Waals surface area contributed by atoms with Gasteiger partial charge in [0.1, 0.15) is 0 Å². The second-order valence-corrected chi connectivity index (χ2v) is 7.88. The van der Waals surface area contributed by atoms with Gasteiger partial charge in [0.2, 0.25) is 11.4 Å². The van der Waals surface area contributed by atoms with Crippen LogP contribution in [0, 0.1) is 11.8 Å². The highest BCUT2D eigenvalue weighted by molar-refractivity contribution is 8.00. The number of amides is 1. The van der Waals surface area contributed by atoms with Gasteiger partial charge in [-0.3, -0.25) is 18.7 Å². The Morgan fingerprint density at radius 2 is 1.97 bits per heavy atom. The number of carbonyl (C=O) groups excluding carboxylic acids is 2. The molecule has 0 bridgehead atoms. The monoisotopic (exact) mass is 487 g/mol. The first-order valence-electron chi connectivity index (χ1n) is 9.61. The van der Waals surface area contributed by atoms with E-state index in [4.69, 9.17) is 5.73 Å². The van der Waals surface area contributed by atoms with Crippen molar-refractivity contribution in [2.75, 3.05) is 31.1 Å². The van der Waals surface area contributed by atoms with E-state index >= 15 is 0 Å². The molecule has 3 N–H and O–H groups in total. The van der Waals surface area contributed by atoms with Gasteiger partial charge in [-0.1, -0.05) is 5.92 Å². The number of hydrogen-bond acceptors (Lipinski definition) is 9. The second-order valence-electron chi connectivity index (χ2n) is 6.85. The minimum absolute atomic E-state index is 0.0115. The lowest BCUT2D eigenvalue weighted by Gasteiger charge is -2.28. The first-order valence-corrected chi connectivity index (χ1v) is 10.5. The Bertz CT molecular complexity index is 1190. The zero-order chi connectivity index (χ0) is 24.3. The van der Waals surface area contributed by atoms with Crippen molar-refractivity contribution in [2.24, 2.45) is 12.8 Å². The molecule has 0 aromatic carbocycles. The number of imidazole rings is 1. The third kappa shape index (κ3) is 5.22. The summed E-state index contributed by atoms with van der Waals surface area (Å²) >= 11 is 0.299. The van der Waals surface area contributed by atoms with E-state index in [-0.39, 0.29) is 22.9 Å². The van der Waals surface area contributed by atoms with Gasteiger partial charge in [-0.05, 0) is 18.7 Å². The van der Waals surface area contributed by atoms with Crippen LogP contribution in [0.3, 0.4) is 0 Å². The van der Waals surface area contributed by atoms with Crippen molar-refractivity contribution < 1.29 is 27.5 Å². The maximum atomic E-state index is 13.1. The molecule has 0 aliphatic carbocycles. The van der Waals surface area contributed by atoms with Crippen molar-refractivity contribution in [2.45, 2.75) is 30.2 Å². The molecule has 1 aliphatic rings. The average molecular weight is 487 g/mol. The molecule has 3 rings (SSSR count). The lowest BCUT2D eigenvalue weighted by Crippen LogP contribution is -2.44. The first kappa shape index (κ1) is 24.4. The Hall–Kier alpha value is -3.25. The molecule has 0 radical (unpaired) electrons. The third-order valence-electron chi connectivity index (χ3n) is 4.63. The second kappa shape index (κ2) is 9.71. The number of fused-ring (bicyclic) bond motifs is 1. The van der Waals surface area contributed by atoms with E-state index in [1.54, 1.807) is 11.5 Å². The van der Waals surface area contributed by atoms with Crippen molar-refractivity contribution in [3.8, 4) is 11.8 Å². The van der Waals surface area contributed by atoms with Crippen molar-refractivity contribution >= 4 is 40.8 Å². The molecule has 0 spiro atoms. The van der Waals surface area contributed by atoms with E-state index in [1.165, 1.54) is 7.05 Å². The molecule has 1 saturated heterocycles. The number of thioether (sulfide) groups is 1. The zero-order valence-corrected chi connectivity index (χ0v) is 18.4. The SMILES string of the molecule is CC#CCn1c(N2CCNCC2)nc2nc(SC(OC(=O)C(F)(F)F)C(N)=O)n(C)c(=O)c21. The molecule has 3 heterocycles.